The van der Waals surface area contributed by atoms with Crippen molar-refractivity contribution in [1.82, 2.24) is 25.5 Å². The van der Waals surface area contributed by atoms with E-state index >= 15 is 0 Å². The van der Waals surface area contributed by atoms with Crippen LogP contribution in [0.4, 0.5) is 5.13 Å². The molecule has 0 aliphatic heterocycles. The van der Waals surface area contributed by atoms with Crippen LogP contribution in [0.25, 0.3) is 0 Å². The van der Waals surface area contributed by atoms with E-state index in [1.165, 1.54) is 24.2 Å². The van der Waals surface area contributed by atoms with E-state index in [1.54, 1.807) is 18.5 Å². The first-order valence-electron chi connectivity index (χ1n) is 8.16. The van der Waals surface area contributed by atoms with Crippen molar-refractivity contribution >= 4 is 22.4 Å². The molecule has 8 heteroatoms. The van der Waals surface area contributed by atoms with Crippen molar-refractivity contribution in [3.63, 3.8) is 0 Å². The maximum atomic E-state index is 12.1. The zero-order valence-electron chi connectivity index (χ0n) is 14.4. The Labute approximate surface area is 146 Å². The number of nitrogens with one attached hydrogen (secondary N) is 2. The van der Waals surface area contributed by atoms with Gasteiger partial charge in [0.25, 0.3) is 0 Å². The molecule has 2 N–H and O–H groups in total. The van der Waals surface area contributed by atoms with E-state index in [0.717, 1.165) is 17.8 Å². The van der Waals surface area contributed by atoms with Crippen molar-refractivity contribution in [2.45, 2.75) is 52.0 Å². The molecular formula is C16H24N6OS. The minimum Gasteiger partial charge on any atom is -0.299 e. The Bertz CT molecular complexity index is 643. The molecule has 0 aromatic carbocycles. The summed E-state index contributed by atoms with van der Waals surface area (Å²) >= 11 is 1.43. The number of hydrogen-bond acceptors (Lipinski definition) is 7. The SMILES string of the molecule is CCCCCc1nnc(NC(=O)CNC(C)(C)c2ncccn2)s1. The molecule has 24 heavy (non-hydrogen) atoms. The van der Waals surface area contributed by atoms with Crippen molar-refractivity contribution in [3.8, 4) is 0 Å². The van der Waals surface area contributed by atoms with Crippen LogP contribution in [-0.4, -0.2) is 32.6 Å². The van der Waals surface area contributed by atoms with E-state index in [-0.39, 0.29) is 12.5 Å². The molecule has 0 aliphatic carbocycles. The first-order chi connectivity index (χ1) is 11.5. The molecule has 0 unspecified atom stereocenters. The molecule has 0 fully saturated rings. The number of rotatable bonds is 9. The van der Waals surface area contributed by atoms with Gasteiger partial charge in [-0.05, 0) is 26.3 Å². The molecule has 0 bridgehead atoms. The van der Waals surface area contributed by atoms with Crippen LogP contribution in [0, 0.1) is 0 Å². The second kappa shape index (κ2) is 8.79. The van der Waals surface area contributed by atoms with Gasteiger partial charge in [0.1, 0.15) is 10.8 Å². The molecule has 2 aromatic rings. The highest BCUT2D eigenvalue weighted by atomic mass is 32.1. The van der Waals surface area contributed by atoms with E-state index in [9.17, 15) is 4.79 Å². The molecule has 0 aliphatic rings. The zero-order valence-corrected chi connectivity index (χ0v) is 15.2. The van der Waals surface area contributed by atoms with Crippen molar-refractivity contribution in [1.29, 1.82) is 0 Å². The van der Waals surface area contributed by atoms with Gasteiger partial charge in [0.05, 0.1) is 12.1 Å². The van der Waals surface area contributed by atoms with Gasteiger partial charge < -0.3 is 0 Å². The van der Waals surface area contributed by atoms with Crippen LogP contribution in [0.15, 0.2) is 18.5 Å². The zero-order chi connectivity index (χ0) is 17.4. The normalized spacial score (nSPS) is 11.5. The Morgan fingerprint density at radius 3 is 2.67 bits per heavy atom. The molecule has 0 spiro atoms. The highest BCUT2D eigenvalue weighted by Gasteiger charge is 2.23. The third-order valence-corrected chi connectivity index (χ3v) is 4.42. The Kier molecular flexibility index (Phi) is 6.74. The number of hydrogen-bond donors (Lipinski definition) is 2. The number of aryl methyl sites for hydroxylation is 1. The number of anilines is 1. The van der Waals surface area contributed by atoms with Gasteiger partial charge in [-0.25, -0.2) is 9.97 Å². The van der Waals surface area contributed by atoms with Gasteiger partial charge in [-0.2, -0.15) is 0 Å². The lowest BCUT2D eigenvalue weighted by Gasteiger charge is -2.23. The van der Waals surface area contributed by atoms with E-state index in [4.69, 9.17) is 0 Å². The molecular weight excluding hydrogens is 324 g/mol. The largest absolute Gasteiger partial charge is 0.299 e. The Morgan fingerprint density at radius 1 is 1.21 bits per heavy atom. The molecule has 0 saturated heterocycles. The van der Waals surface area contributed by atoms with Gasteiger partial charge in [0.2, 0.25) is 11.0 Å². The van der Waals surface area contributed by atoms with Gasteiger partial charge in [0, 0.05) is 18.8 Å². The minimum absolute atomic E-state index is 0.149. The van der Waals surface area contributed by atoms with Gasteiger partial charge in [0.15, 0.2) is 0 Å². The van der Waals surface area contributed by atoms with Crippen LogP contribution in [0.1, 0.15) is 50.9 Å². The van der Waals surface area contributed by atoms with E-state index in [2.05, 4.69) is 37.7 Å². The third-order valence-electron chi connectivity index (χ3n) is 3.52. The highest BCUT2D eigenvalue weighted by molar-refractivity contribution is 7.15. The fourth-order valence-electron chi connectivity index (χ4n) is 2.10. The van der Waals surface area contributed by atoms with Crippen LogP contribution >= 0.6 is 11.3 Å². The maximum absolute atomic E-state index is 12.1. The molecule has 1 amide bonds. The second-order valence-electron chi connectivity index (χ2n) is 6.06. The third kappa shape index (κ3) is 5.61. The second-order valence-corrected chi connectivity index (χ2v) is 7.12. The molecule has 2 rings (SSSR count). The first kappa shape index (κ1) is 18.4. The smallest absolute Gasteiger partial charge is 0.240 e. The van der Waals surface area contributed by atoms with Gasteiger partial charge in [-0.1, -0.05) is 31.1 Å². The minimum atomic E-state index is -0.495. The lowest BCUT2D eigenvalue weighted by Crippen LogP contribution is -2.42. The van der Waals surface area contributed by atoms with Crippen molar-refractivity contribution in [2.75, 3.05) is 11.9 Å². The van der Waals surface area contributed by atoms with Gasteiger partial charge in [-0.3, -0.25) is 15.4 Å². The lowest BCUT2D eigenvalue weighted by atomic mass is 10.0. The molecule has 0 radical (unpaired) electrons. The highest BCUT2D eigenvalue weighted by Crippen LogP contribution is 2.18. The number of aromatic nitrogens is 4. The van der Waals surface area contributed by atoms with Gasteiger partial charge >= 0.3 is 0 Å². The molecule has 0 saturated carbocycles. The number of nitrogens with zero attached hydrogens (tertiary/aromatic N) is 4. The molecule has 130 valence electrons. The maximum Gasteiger partial charge on any atom is 0.240 e. The molecule has 2 aromatic heterocycles. The summed E-state index contributed by atoms with van der Waals surface area (Å²) in [6.45, 7) is 6.19. The molecule has 0 atom stereocenters. The summed E-state index contributed by atoms with van der Waals surface area (Å²) in [7, 11) is 0. The summed E-state index contributed by atoms with van der Waals surface area (Å²) in [4.78, 5) is 20.5. The van der Waals surface area contributed by atoms with Crippen LogP contribution in [0.2, 0.25) is 0 Å². The van der Waals surface area contributed by atoms with E-state index in [0.29, 0.717) is 11.0 Å². The Balaban J connectivity index is 1.81. The average Bonchev–Trinajstić information content (AvgIpc) is 3.01. The van der Waals surface area contributed by atoms with Crippen LogP contribution in [0.5, 0.6) is 0 Å². The monoisotopic (exact) mass is 348 g/mol. The van der Waals surface area contributed by atoms with Crippen molar-refractivity contribution in [3.05, 3.63) is 29.3 Å². The molecule has 7 nitrogen and oxygen atoms in total. The fraction of sp³-hybridized carbons (Fsp3) is 0.562. The van der Waals surface area contributed by atoms with E-state index in [1.807, 2.05) is 13.8 Å². The van der Waals surface area contributed by atoms with Crippen LogP contribution in [0.3, 0.4) is 0 Å². The predicted octanol–water partition coefficient (Wildman–Crippen LogP) is 2.52. The topological polar surface area (TPSA) is 92.7 Å². The lowest BCUT2D eigenvalue weighted by molar-refractivity contribution is -0.115. The quantitative estimate of drug-likeness (QED) is 0.677. The molecule has 2 heterocycles. The standard InChI is InChI=1S/C16H24N6OS/c1-4-5-6-8-13-21-22-15(24-13)20-12(23)11-19-16(2,3)14-17-9-7-10-18-14/h7,9-10,19H,4-6,8,11H2,1-3H3,(H,20,22,23). The number of amides is 1. The summed E-state index contributed by atoms with van der Waals surface area (Å²) in [6.07, 6.45) is 7.75. The summed E-state index contributed by atoms with van der Waals surface area (Å²) < 4.78 is 0. The Hall–Kier alpha value is -1.93. The Morgan fingerprint density at radius 2 is 1.96 bits per heavy atom. The summed E-state index contributed by atoms with van der Waals surface area (Å²) in [5.74, 6) is 0.488. The average molecular weight is 348 g/mol. The summed E-state index contributed by atoms with van der Waals surface area (Å²) in [6, 6.07) is 1.76. The van der Waals surface area contributed by atoms with Crippen molar-refractivity contribution in [2.24, 2.45) is 0 Å². The number of carbonyl (C=O) groups is 1. The van der Waals surface area contributed by atoms with E-state index < -0.39 is 5.54 Å². The van der Waals surface area contributed by atoms with Crippen LogP contribution < -0.4 is 10.6 Å². The summed E-state index contributed by atoms with van der Waals surface area (Å²) in [5, 5.41) is 15.6. The first-order valence-corrected chi connectivity index (χ1v) is 8.97. The van der Waals surface area contributed by atoms with Crippen molar-refractivity contribution < 1.29 is 4.79 Å². The summed E-state index contributed by atoms with van der Waals surface area (Å²) in [5.41, 5.74) is -0.495. The fourth-order valence-corrected chi connectivity index (χ4v) is 2.89. The van der Waals surface area contributed by atoms with Gasteiger partial charge in [-0.15, -0.1) is 10.2 Å². The number of unbranched alkanes of at least 4 members (excludes halogenated alkanes) is 2. The predicted molar refractivity (Wildman–Crippen MR) is 94.8 cm³/mol. The number of carbonyl (C=O) groups excluding carboxylic acids is 1. The van der Waals surface area contributed by atoms with Crippen LogP contribution in [-0.2, 0) is 16.8 Å².